The molecule has 0 saturated heterocycles. The minimum absolute atomic E-state index is 0.0980. The second-order valence-electron chi connectivity index (χ2n) is 5.70. The summed E-state index contributed by atoms with van der Waals surface area (Å²) in [7, 11) is -1.86. The molecule has 0 bridgehead atoms. The van der Waals surface area contributed by atoms with Gasteiger partial charge in [0.15, 0.2) is 0 Å². The first kappa shape index (κ1) is 18.8. The van der Waals surface area contributed by atoms with E-state index in [-0.39, 0.29) is 11.8 Å². The van der Waals surface area contributed by atoms with Crippen molar-refractivity contribution in [1.29, 1.82) is 0 Å². The van der Waals surface area contributed by atoms with E-state index in [2.05, 4.69) is 4.72 Å². The van der Waals surface area contributed by atoms with Crippen LogP contribution in [0.15, 0.2) is 42.5 Å². The van der Waals surface area contributed by atoms with Crippen LogP contribution in [0.25, 0.3) is 0 Å². The van der Waals surface area contributed by atoms with Crippen molar-refractivity contribution in [3.8, 4) is 5.75 Å². The number of ether oxygens (including phenoxy) is 1. The lowest BCUT2D eigenvalue weighted by molar-refractivity contribution is 0.411. The van der Waals surface area contributed by atoms with E-state index in [1.165, 1.54) is 0 Å². The molecule has 0 saturated carbocycles. The third-order valence-electron chi connectivity index (χ3n) is 3.80. The number of hydrogen-bond acceptors (Lipinski definition) is 3. The molecule has 0 aliphatic heterocycles. The molecule has 0 spiro atoms. The van der Waals surface area contributed by atoms with Gasteiger partial charge in [-0.15, -0.1) is 0 Å². The van der Waals surface area contributed by atoms with E-state index in [1.54, 1.807) is 31.4 Å². The predicted octanol–water partition coefficient (Wildman–Crippen LogP) is 4.23. The molecule has 0 unspecified atom stereocenters. The number of aryl methyl sites for hydroxylation is 1. The number of methoxy groups -OCH3 is 1. The smallest absolute Gasteiger partial charge is 0.216 e. The molecule has 0 aliphatic rings. The topological polar surface area (TPSA) is 55.4 Å². The number of nitrogens with one attached hydrogen (secondary N) is 1. The van der Waals surface area contributed by atoms with E-state index >= 15 is 0 Å². The number of hydrogen-bond donors (Lipinski definition) is 1. The normalized spacial score (nSPS) is 12.8. The zero-order valence-electron chi connectivity index (χ0n) is 14.0. The SMILES string of the molecule is CC[C@H](NS(=O)(=O)Cc1cccc(Cl)c1)c1ccc(OC)c(C)c1. The summed E-state index contributed by atoms with van der Waals surface area (Å²) in [5.41, 5.74) is 2.56. The molecule has 0 radical (unpaired) electrons. The number of sulfonamides is 1. The fourth-order valence-electron chi connectivity index (χ4n) is 2.61. The fraction of sp³-hybridized carbons (Fsp3) is 0.333. The molecule has 130 valence electrons. The first-order chi connectivity index (χ1) is 11.3. The average molecular weight is 368 g/mol. The Morgan fingerprint density at radius 1 is 1.21 bits per heavy atom. The van der Waals surface area contributed by atoms with Gasteiger partial charge < -0.3 is 4.74 Å². The third-order valence-corrected chi connectivity index (χ3v) is 5.39. The van der Waals surface area contributed by atoms with Gasteiger partial charge in [-0.3, -0.25) is 0 Å². The van der Waals surface area contributed by atoms with E-state index in [4.69, 9.17) is 16.3 Å². The van der Waals surface area contributed by atoms with Crippen molar-refractivity contribution in [2.24, 2.45) is 0 Å². The Morgan fingerprint density at radius 2 is 1.96 bits per heavy atom. The third kappa shape index (κ3) is 4.97. The van der Waals surface area contributed by atoms with Gasteiger partial charge in [-0.25, -0.2) is 13.1 Å². The minimum atomic E-state index is -3.48. The highest BCUT2D eigenvalue weighted by atomic mass is 35.5. The van der Waals surface area contributed by atoms with Gasteiger partial charge in [0.2, 0.25) is 10.0 Å². The minimum Gasteiger partial charge on any atom is -0.496 e. The Labute approximate surface area is 148 Å². The predicted molar refractivity (Wildman–Crippen MR) is 98.0 cm³/mol. The van der Waals surface area contributed by atoms with Crippen LogP contribution >= 0.6 is 11.6 Å². The molecule has 0 aliphatic carbocycles. The molecule has 0 fully saturated rings. The van der Waals surface area contributed by atoms with Gasteiger partial charge in [0.05, 0.1) is 12.9 Å². The quantitative estimate of drug-likeness (QED) is 0.796. The van der Waals surface area contributed by atoms with Crippen LogP contribution in [0.3, 0.4) is 0 Å². The Balaban J connectivity index is 2.18. The van der Waals surface area contributed by atoms with Crippen LogP contribution in [-0.2, 0) is 15.8 Å². The average Bonchev–Trinajstić information content (AvgIpc) is 2.52. The van der Waals surface area contributed by atoms with Crippen molar-refractivity contribution < 1.29 is 13.2 Å². The molecule has 24 heavy (non-hydrogen) atoms. The van der Waals surface area contributed by atoms with Crippen LogP contribution in [-0.4, -0.2) is 15.5 Å². The summed E-state index contributed by atoms with van der Waals surface area (Å²) in [6.45, 7) is 3.89. The molecule has 0 heterocycles. The molecule has 2 rings (SSSR count). The van der Waals surface area contributed by atoms with Crippen LogP contribution in [0.5, 0.6) is 5.75 Å². The summed E-state index contributed by atoms with van der Waals surface area (Å²) in [6.07, 6.45) is 0.653. The van der Waals surface area contributed by atoms with Crippen molar-refractivity contribution in [1.82, 2.24) is 4.72 Å². The highest BCUT2D eigenvalue weighted by Crippen LogP contribution is 2.25. The van der Waals surface area contributed by atoms with E-state index in [1.807, 2.05) is 32.0 Å². The molecule has 2 aromatic carbocycles. The van der Waals surface area contributed by atoms with E-state index in [0.29, 0.717) is 17.0 Å². The molecule has 2 aromatic rings. The van der Waals surface area contributed by atoms with Crippen LogP contribution in [0.2, 0.25) is 5.02 Å². The molecular weight excluding hydrogens is 346 g/mol. The summed E-state index contributed by atoms with van der Waals surface area (Å²) in [4.78, 5) is 0. The van der Waals surface area contributed by atoms with Crippen LogP contribution in [0.4, 0.5) is 0 Å². The van der Waals surface area contributed by atoms with Gasteiger partial charge in [0.1, 0.15) is 5.75 Å². The molecule has 0 amide bonds. The maximum absolute atomic E-state index is 12.5. The van der Waals surface area contributed by atoms with Gasteiger partial charge >= 0.3 is 0 Å². The van der Waals surface area contributed by atoms with Crippen molar-refractivity contribution in [2.45, 2.75) is 32.1 Å². The molecule has 4 nitrogen and oxygen atoms in total. The lowest BCUT2D eigenvalue weighted by atomic mass is 10.0. The summed E-state index contributed by atoms with van der Waals surface area (Å²) in [6, 6.07) is 12.3. The maximum Gasteiger partial charge on any atom is 0.216 e. The van der Waals surface area contributed by atoms with Gasteiger partial charge in [-0.1, -0.05) is 42.8 Å². The summed E-state index contributed by atoms with van der Waals surface area (Å²) in [5.74, 6) is 0.689. The van der Waals surface area contributed by atoms with Gasteiger partial charge in [-0.05, 0) is 48.2 Å². The first-order valence-corrected chi connectivity index (χ1v) is 9.76. The highest BCUT2D eigenvalue weighted by molar-refractivity contribution is 7.88. The maximum atomic E-state index is 12.5. The highest BCUT2D eigenvalue weighted by Gasteiger charge is 2.19. The second kappa shape index (κ2) is 8.01. The number of rotatable bonds is 7. The summed E-state index contributed by atoms with van der Waals surface area (Å²) in [5, 5.41) is 0.528. The van der Waals surface area contributed by atoms with E-state index in [0.717, 1.165) is 16.9 Å². The first-order valence-electron chi connectivity index (χ1n) is 7.73. The van der Waals surface area contributed by atoms with Crippen molar-refractivity contribution in [3.05, 3.63) is 64.2 Å². The van der Waals surface area contributed by atoms with Crippen LogP contribution in [0, 0.1) is 6.92 Å². The lowest BCUT2D eigenvalue weighted by Gasteiger charge is -2.19. The molecule has 1 N–H and O–H groups in total. The Morgan fingerprint density at radius 3 is 2.54 bits per heavy atom. The van der Waals surface area contributed by atoms with Crippen LogP contribution < -0.4 is 9.46 Å². The van der Waals surface area contributed by atoms with Crippen molar-refractivity contribution in [3.63, 3.8) is 0 Å². The van der Waals surface area contributed by atoms with Gasteiger partial charge in [0.25, 0.3) is 0 Å². The van der Waals surface area contributed by atoms with E-state index in [9.17, 15) is 8.42 Å². The second-order valence-corrected chi connectivity index (χ2v) is 7.89. The zero-order valence-corrected chi connectivity index (χ0v) is 15.6. The zero-order chi connectivity index (χ0) is 17.7. The molecule has 0 aromatic heterocycles. The molecule has 1 atom stereocenters. The van der Waals surface area contributed by atoms with Gasteiger partial charge in [-0.2, -0.15) is 0 Å². The lowest BCUT2D eigenvalue weighted by Crippen LogP contribution is -2.29. The monoisotopic (exact) mass is 367 g/mol. The Kier molecular flexibility index (Phi) is 6.27. The standard InChI is InChI=1S/C18H22ClNO3S/c1-4-17(15-8-9-18(23-3)13(2)10-15)20-24(21,22)12-14-6-5-7-16(19)11-14/h5-11,17,20H,4,12H2,1-3H3/t17-/m0/s1. The fourth-order valence-corrected chi connectivity index (χ4v) is 4.26. The summed E-state index contributed by atoms with van der Waals surface area (Å²) < 4.78 is 33.0. The Hall–Kier alpha value is -1.56. The number of halogens is 1. The van der Waals surface area contributed by atoms with Crippen molar-refractivity contribution in [2.75, 3.05) is 7.11 Å². The largest absolute Gasteiger partial charge is 0.496 e. The number of benzene rings is 2. The molecular formula is C18H22ClNO3S. The summed E-state index contributed by atoms with van der Waals surface area (Å²) >= 11 is 5.92. The Bertz CT molecular complexity index is 806. The van der Waals surface area contributed by atoms with E-state index < -0.39 is 10.0 Å². The van der Waals surface area contributed by atoms with Gasteiger partial charge in [0, 0.05) is 11.1 Å². The van der Waals surface area contributed by atoms with Crippen molar-refractivity contribution >= 4 is 21.6 Å². The molecule has 6 heteroatoms. The van der Waals surface area contributed by atoms with Crippen LogP contribution in [0.1, 0.15) is 36.1 Å².